The van der Waals surface area contributed by atoms with Crippen LogP contribution in [0.5, 0.6) is 5.75 Å². The summed E-state index contributed by atoms with van der Waals surface area (Å²) in [6.07, 6.45) is 1.09. The molecule has 1 aliphatic rings. The van der Waals surface area contributed by atoms with Gasteiger partial charge in [0, 0.05) is 24.8 Å². The van der Waals surface area contributed by atoms with Gasteiger partial charge in [0.1, 0.15) is 16.6 Å². The largest absolute Gasteiger partial charge is 0.489 e. The Morgan fingerprint density at radius 2 is 1.74 bits per heavy atom. The van der Waals surface area contributed by atoms with Gasteiger partial charge in [-0.05, 0) is 64.8 Å². The molecule has 2 heterocycles. The fourth-order valence-corrected chi connectivity index (χ4v) is 5.54. The normalized spacial score (nSPS) is 14.6. The fourth-order valence-electron chi connectivity index (χ4n) is 4.21. The Hall–Kier alpha value is -3.28. The molecule has 0 aliphatic carbocycles. The van der Waals surface area contributed by atoms with Crippen LogP contribution >= 0.6 is 11.6 Å². The van der Waals surface area contributed by atoms with Crippen molar-refractivity contribution in [3.8, 4) is 5.75 Å². The van der Waals surface area contributed by atoms with Gasteiger partial charge in [-0.2, -0.15) is 9.97 Å². The van der Waals surface area contributed by atoms with E-state index in [1.54, 1.807) is 32.0 Å². The van der Waals surface area contributed by atoms with Gasteiger partial charge in [0.25, 0.3) is 0 Å². The van der Waals surface area contributed by atoms with Crippen molar-refractivity contribution in [2.75, 3.05) is 34.4 Å². The molecule has 1 aliphatic heterocycles. The van der Waals surface area contributed by atoms with Crippen molar-refractivity contribution in [2.24, 2.45) is 0 Å². The van der Waals surface area contributed by atoms with Gasteiger partial charge in [-0.15, -0.1) is 0 Å². The van der Waals surface area contributed by atoms with E-state index in [1.807, 2.05) is 32.0 Å². The van der Waals surface area contributed by atoms with E-state index in [1.165, 1.54) is 6.07 Å². The van der Waals surface area contributed by atoms with E-state index in [4.69, 9.17) is 22.1 Å². The first-order valence-electron chi connectivity index (χ1n) is 12.9. The molecule has 39 heavy (non-hydrogen) atoms. The van der Waals surface area contributed by atoms with Gasteiger partial charge >= 0.3 is 0 Å². The Balaban J connectivity index is 1.66. The monoisotopic (exact) mass is 574 g/mol. The highest BCUT2D eigenvalue weighted by Crippen LogP contribution is 2.36. The summed E-state index contributed by atoms with van der Waals surface area (Å²) in [5, 5.41) is 15.5. The number of aliphatic hydroxyl groups is 1. The minimum Gasteiger partial charge on any atom is -0.489 e. The van der Waals surface area contributed by atoms with Crippen LogP contribution in [-0.4, -0.2) is 54.0 Å². The van der Waals surface area contributed by atoms with Crippen molar-refractivity contribution in [3.05, 3.63) is 47.5 Å². The number of nitrogen functional groups attached to an aromatic ring is 1. The van der Waals surface area contributed by atoms with E-state index in [2.05, 4.69) is 25.5 Å². The molecule has 0 saturated carbocycles. The lowest BCUT2D eigenvalue weighted by molar-refractivity contribution is 0.145. The van der Waals surface area contributed by atoms with Crippen molar-refractivity contribution in [3.63, 3.8) is 0 Å². The number of nitrogens with zero attached hydrogens (tertiary/aromatic N) is 3. The molecule has 10 nitrogen and oxygen atoms in total. The summed E-state index contributed by atoms with van der Waals surface area (Å²) >= 11 is 6.43. The third-order valence-electron chi connectivity index (χ3n) is 6.35. The number of rotatable bonds is 9. The summed E-state index contributed by atoms with van der Waals surface area (Å²) in [6.45, 7) is 8.65. The van der Waals surface area contributed by atoms with Crippen molar-refractivity contribution in [1.82, 2.24) is 9.97 Å². The number of anilines is 6. The van der Waals surface area contributed by atoms with E-state index in [9.17, 15) is 13.5 Å². The number of nitrogens with two attached hydrogens (primary N) is 1. The molecular formula is C27H35ClN6O4S. The van der Waals surface area contributed by atoms with Gasteiger partial charge in [0.2, 0.25) is 5.95 Å². The Morgan fingerprint density at radius 1 is 1.05 bits per heavy atom. The van der Waals surface area contributed by atoms with Crippen molar-refractivity contribution in [2.45, 2.75) is 62.9 Å². The Kier molecular flexibility index (Phi) is 8.73. The highest BCUT2D eigenvalue weighted by molar-refractivity contribution is 7.92. The molecule has 0 atom stereocenters. The highest BCUT2D eigenvalue weighted by Gasteiger charge is 2.24. The van der Waals surface area contributed by atoms with Crippen molar-refractivity contribution < 1.29 is 18.3 Å². The van der Waals surface area contributed by atoms with Gasteiger partial charge in [-0.1, -0.05) is 23.7 Å². The molecule has 3 aromatic rings. The Labute approximate surface area is 234 Å². The third kappa shape index (κ3) is 6.66. The van der Waals surface area contributed by atoms with Crippen LogP contribution in [0.1, 0.15) is 40.5 Å². The van der Waals surface area contributed by atoms with Crippen LogP contribution in [0.25, 0.3) is 0 Å². The zero-order chi connectivity index (χ0) is 28.3. The molecule has 2 aromatic carbocycles. The Morgan fingerprint density at radius 3 is 2.41 bits per heavy atom. The predicted octanol–water partition coefficient (Wildman–Crippen LogP) is 5.13. The number of halogens is 1. The lowest BCUT2D eigenvalue weighted by Gasteiger charge is -2.32. The Bertz CT molecular complexity index is 1430. The first-order valence-corrected chi connectivity index (χ1v) is 14.8. The first-order chi connectivity index (χ1) is 18.5. The number of ether oxygens (including phenoxy) is 1. The lowest BCUT2D eigenvalue weighted by atomic mass is 10.1. The van der Waals surface area contributed by atoms with Gasteiger partial charge in [0.15, 0.2) is 15.7 Å². The molecule has 0 amide bonds. The molecule has 4 rings (SSSR count). The van der Waals surface area contributed by atoms with Gasteiger partial charge in [0.05, 0.1) is 33.7 Å². The maximum Gasteiger partial charge on any atom is 0.231 e. The predicted molar refractivity (Wildman–Crippen MR) is 156 cm³/mol. The summed E-state index contributed by atoms with van der Waals surface area (Å²) < 4.78 is 31.9. The number of aliphatic hydroxyl groups excluding tert-OH is 1. The lowest BCUT2D eigenvalue weighted by Crippen LogP contribution is -2.35. The van der Waals surface area contributed by atoms with Crippen LogP contribution in [-0.2, 0) is 9.84 Å². The van der Waals surface area contributed by atoms with Crippen LogP contribution in [0.15, 0.2) is 47.4 Å². The number of benzene rings is 2. The third-order valence-corrected chi connectivity index (χ3v) is 8.93. The van der Waals surface area contributed by atoms with Crippen LogP contribution in [0, 0.1) is 0 Å². The summed E-state index contributed by atoms with van der Waals surface area (Å²) in [5.74, 6) is 0.947. The van der Waals surface area contributed by atoms with Crippen LogP contribution in [0.4, 0.5) is 34.6 Å². The summed E-state index contributed by atoms with van der Waals surface area (Å²) in [7, 11) is -3.57. The van der Waals surface area contributed by atoms with Gasteiger partial charge in [-0.3, -0.25) is 0 Å². The first kappa shape index (κ1) is 28.7. The SMILES string of the molecule is CC(C)Oc1cc(N2CCC(O)CC2)ccc1Nc1nc(N)c(Cl)c(Nc2ccccc2S(=O)(=O)C(C)C)n1. The summed E-state index contributed by atoms with van der Waals surface area (Å²) in [6, 6.07) is 12.4. The molecule has 12 heteroatoms. The number of piperidine rings is 1. The van der Waals surface area contributed by atoms with Gasteiger partial charge in [-0.25, -0.2) is 8.42 Å². The zero-order valence-corrected chi connectivity index (χ0v) is 24.1. The number of para-hydroxylation sites is 1. The molecule has 1 fully saturated rings. The minimum absolute atomic E-state index is 0.0238. The average Bonchev–Trinajstić information content (AvgIpc) is 2.88. The number of nitrogens with one attached hydrogen (secondary N) is 2. The summed E-state index contributed by atoms with van der Waals surface area (Å²) in [5.41, 5.74) is 8.06. The zero-order valence-electron chi connectivity index (χ0n) is 22.5. The van der Waals surface area contributed by atoms with Crippen molar-refractivity contribution >= 4 is 56.1 Å². The van der Waals surface area contributed by atoms with Crippen LogP contribution in [0.2, 0.25) is 5.02 Å². The highest BCUT2D eigenvalue weighted by atomic mass is 35.5. The van der Waals surface area contributed by atoms with E-state index in [0.29, 0.717) is 17.1 Å². The second-order valence-electron chi connectivity index (χ2n) is 10.0. The smallest absolute Gasteiger partial charge is 0.231 e. The molecule has 1 aromatic heterocycles. The number of hydrogen-bond donors (Lipinski definition) is 4. The molecule has 0 spiro atoms. The van der Waals surface area contributed by atoms with E-state index < -0.39 is 15.1 Å². The van der Waals surface area contributed by atoms with Crippen LogP contribution in [0.3, 0.4) is 0 Å². The number of sulfone groups is 1. The quantitative estimate of drug-likeness (QED) is 0.271. The van der Waals surface area contributed by atoms with E-state index in [0.717, 1.165) is 31.6 Å². The van der Waals surface area contributed by atoms with E-state index in [-0.39, 0.29) is 39.7 Å². The molecule has 1 saturated heterocycles. The molecular weight excluding hydrogens is 540 g/mol. The number of aromatic nitrogens is 2. The standard InChI is InChI=1S/C27H35ClN6O4S/c1-16(2)38-22-15-18(34-13-11-19(35)12-14-34)9-10-20(22)31-27-32-25(29)24(28)26(33-27)30-21-7-5-6-8-23(21)39(36,37)17(3)4/h5-10,15-17,19,35H,11-14H2,1-4H3,(H4,29,30,31,32,33). The molecule has 0 radical (unpaired) electrons. The maximum absolute atomic E-state index is 12.9. The van der Waals surface area contributed by atoms with Gasteiger partial charge < -0.3 is 31.1 Å². The summed E-state index contributed by atoms with van der Waals surface area (Å²) in [4.78, 5) is 11.1. The second kappa shape index (κ2) is 11.8. The number of hydrogen-bond acceptors (Lipinski definition) is 10. The fraction of sp³-hybridized carbons (Fsp3) is 0.407. The molecule has 0 unspecified atom stereocenters. The second-order valence-corrected chi connectivity index (χ2v) is 12.9. The van der Waals surface area contributed by atoms with Crippen molar-refractivity contribution in [1.29, 1.82) is 0 Å². The minimum atomic E-state index is -3.57. The van der Waals surface area contributed by atoms with E-state index >= 15 is 0 Å². The molecule has 0 bridgehead atoms. The maximum atomic E-state index is 12.9. The average molecular weight is 575 g/mol. The molecule has 210 valence electrons. The molecule has 5 N–H and O–H groups in total. The topological polar surface area (TPSA) is 143 Å². The van der Waals surface area contributed by atoms with Crippen LogP contribution < -0.4 is 26.0 Å².